The number of urea groups is 1. The van der Waals surface area contributed by atoms with Crippen molar-refractivity contribution >= 4 is 17.7 Å². The van der Waals surface area contributed by atoms with Gasteiger partial charge in [-0.25, -0.2) is 9.18 Å². The Kier molecular flexibility index (Phi) is 5.08. The van der Waals surface area contributed by atoms with Gasteiger partial charge < -0.3 is 25.4 Å². The summed E-state index contributed by atoms with van der Waals surface area (Å²) in [5, 5.41) is 8.44. The summed E-state index contributed by atoms with van der Waals surface area (Å²) in [5.74, 6) is -0.365. The van der Waals surface area contributed by atoms with Crippen LogP contribution < -0.4 is 20.7 Å². The topological polar surface area (TPSA) is 88.7 Å². The number of esters is 1. The second-order valence-electron chi connectivity index (χ2n) is 6.48. The van der Waals surface area contributed by atoms with E-state index in [9.17, 15) is 14.0 Å². The summed E-state index contributed by atoms with van der Waals surface area (Å²) in [7, 11) is 1.42. The molecule has 0 bridgehead atoms. The SMILES string of the molecule is COc1cc(F)cc(NC(=O)NCC2CC3(CCNCC3)C(=O)O2)c1. The Bertz CT molecular complexity index is 661. The van der Waals surface area contributed by atoms with Crippen LogP contribution in [0.2, 0.25) is 0 Å². The Balaban J connectivity index is 1.51. The number of nitrogens with one attached hydrogen (secondary N) is 3. The van der Waals surface area contributed by atoms with E-state index < -0.39 is 17.3 Å². The molecule has 0 saturated carbocycles. The van der Waals surface area contributed by atoms with Crippen molar-refractivity contribution < 1.29 is 23.5 Å². The lowest BCUT2D eigenvalue weighted by atomic mass is 9.76. The molecule has 1 spiro atoms. The maximum absolute atomic E-state index is 13.4. The molecule has 1 aromatic carbocycles. The average Bonchev–Trinajstić information content (AvgIpc) is 2.88. The quantitative estimate of drug-likeness (QED) is 0.718. The van der Waals surface area contributed by atoms with Crippen molar-refractivity contribution in [1.82, 2.24) is 10.6 Å². The summed E-state index contributed by atoms with van der Waals surface area (Å²) < 4.78 is 23.8. The predicted octanol–water partition coefficient (Wildman–Crippen LogP) is 1.64. The van der Waals surface area contributed by atoms with Gasteiger partial charge in [-0.1, -0.05) is 0 Å². The molecule has 25 heavy (non-hydrogen) atoms. The number of benzene rings is 1. The van der Waals surface area contributed by atoms with Crippen LogP contribution in [0.15, 0.2) is 18.2 Å². The predicted molar refractivity (Wildman–Crippen MR) is 89.0 cm³/mol. The van der Waals surface area contributed by atoms with Gasteiger partial charge in [-0.05, 0) is 32.0 Å². The lowest BCUT2D eigenvalue weighted by Gasteiger charge is -2.29. The summed E-state index contributed by atoms with van der Waals surface area (Å²) >= 11 is 0. The fourth-order valence-electron chi connectivity index (χ4n) is 3.40. The average molecular weight is 351 g/mol. The first-order chi connectivity index (χ1) is 12.0. The molecule has 3 N–H and O–H groups in total. The minimum Gasteiger partial charge on any atom is -0.497 e. The fraction of sp³-hybridized carbons (Fsp3) is 0.529. The van der Waals surface area contributed by atoms with Crippen molar-refractivity contribution in [2.75, 3.05) is 32.1 Å². The molecule has 0 aromatic heterocycles. The van der Waals surface area contributed by atoms with E-state index in [1.54, 1.807) is 0 Å². The molecule has 1 atom stereocenters. The number of amides is 2. The first-order valence-corrected chi connectivity index (χ1v) is 8.32. The van der Waals surface area contributed by atoms with Crippen LogP contribution in [-0.4, -0.2) is 44.8 Å². The Labute approximate surface area is 145 Å². The molecular weight excluding hydrogens is 329 g/mol. The molecule has 2 saturated heterocycles. The van der Waals surface area contributed by atoms with Crippen molar-refractivity contribution in [2.45, 2.75) is 25.4 Å². The van der Waals surface area contributed by atoms with Crippen molar-refractivity contribution in [3.8, 4) is 5.75 Å². The summed E-state index contributed by atoms with van der Waals surface area (Å²) in [4.78, 5) is 24.2. The molecule has 2 amide bonds. The van der Waals surface area contributed by atoms with Crippen LogP contribution in [0.5, 0.6) is 5.75 Å². The van der Waals surface area contributed by atoms with E-state index in [0.29, 0.717) is 12.2 Å². The van der Waals surface area contributed by atoms with Crippen molar-refractivity contribution in [3.63, 3.8) is 0 Å². The number of rotatable bonds is 4. The Morgan fingerprint density at radius 1 is 1.40 bits per heavy atom. The molecule has 0 aliphatic carbocycles. The van der Waals surface area contributed by atoms with Gasteiger partial charge in [0.1, 0.15) is 17.7 Å². The van der Waals surface area contributed by atoms with E-state index in [1.165, 1.54) is 25.3 Å². The van der Waals surface area contributed by atoms with Crippen molar-refractivity contribution in [1.29, 1.82) is 0 Å². The minimum absolute atomic E-state index is 0.170. The van der Waals surface area contributed by atoms with Gasteiger partial charge in [-0.3, -0.25) is 4.79 Å². The number of carbonyl (C=O) groups is 2. The maximum Gasteiger partial charge on any atom is 0.319 e. The van der Waals surface area contributed by atoms with Gasteiger partial charge in [-0.15, -0.1) is 0 Å². The van der Waals surface area contributed by atoms with Crippen LogP contribution in [0.1, 0.15) is 19.3 Å². The number of cyclic esters (lactones) is 1. The van der Waals surface area contributed by atoms with Crippen molar-refractivity contribution in [3.05, 3.63) is 24.0 Å². The third-order valence-electron chi connectivity index (χ3n) is 4.74. The summed E-state index contributed by atoms with van der Waals surface area (Å²) in [6.45, 7) is 1.83. The van der Waals surface area contributed by atoms with Gasteiger partial charge in [-0.2, -0.15) is 0 Å². The first kappa shape index (κ1) is 17.5. The number of hydrogen-bond acceptors (Lipinski definition) is 5. The molecule has 2 fully saturated rings. The van der Waals surface area contributed by atoms with E-state index in [0.717, 1.165) is 25.9 Å². The summed E-state index contributed by atoms with van der Waals surface area (Å²) in [6, 6.07) is 3.44. The highest BCUT2D eigenvalue weighted by molar-refractivity contribution is 5.89. The summed E-state index contributed by atoms with van der Waals surface area (Å²) in [6.07, 6.45) is 1.80. The number of carbonyl (C=O) groups excluding carboxylic acids is 2. The van der Waals surface area contributed by atoms with E-state index in [2.05, 4.69) is 16.0 Å². The van der Waals surface area contributed by atoms with Gasteiger partial charge >= 0.3 is 12.0 Å². The normalized spacial score (nSPS) is 21.7. The lowest BCUT2D eigenvalue weighted by molar-refractivity contribution is -0.149. The first-order valence-electron chi connectivity index (χ1n) is 8.32. The van der Waals surface area contributed by atoms with E-state index in [-0.39, 0.29) is 24.3 Å². The van der Waals surface area contributed by atoms with Crippen LogP contribution in [-0.2, 0) is 9.53 Å². The zero-order valence-corrected chi connectivity index (χ0v) is 14.1. The van der Waals surface area contributed by atoms with Crippen LogP contribution in [0.3, 0.4) is 0 Å². The maximum atomic E-state index is 13.4. The number of hydrogen-bond donors (Lipinski definition) is 3. The van der Waals surface area contributed by atoms with Crippen LogP contribution in [0, 0.1) is 11.2 Å². The highest BCUT2D eigenvalue weighted by atomic mass is 19.1. The number of piperidine rings is 1. The van der Waals surface area contributed by atoms with E-state index in [1.807, 2.05) is 0 Å². The molecule has 3 rings (SSSR count). The molecule has 0 radical (unpaired) electrons. The number of halogens is 1. The van der Waals surface area contributed by atoms with Crippen molar-refractivity contribution in [2.24, 2.45) is 5.41 Å². The molecule has 8 heteroatoms. The molecule has 2 heterocycles. The lowest BCUT2D eigenvalue weighted by Crippen LogP contribution is -2.40. The molecule has 2 aliphatic heterocycles. The van der Waals surface area contributed by atoms with Crippen LogP contribution >= 0.6 is 0 Å². The fourth-order valence-corrected chi connectivity index (χ4v) is 3.40. The largest absolute Gasteiger partial charge is 0.497 e. The number of ether oxygens (including phenoxy) is 2. The van der Waals surface area contributed by atoms with Gasteiger partial charge in [0.25, 0.3) is 0 Å². The van der Waals surface area contributed by atoms with Crippen LogP contribution in [0.4, 0.5) is 14.9 Å². The Morgan fingerprint density at radius 3 is 2.88 bits per heavy atom. The zero-order valence-electron chi connectivity index (χ0n) is 14.1. The van der Waals surface area contributed by atoms with Gasteiger partial charge in [0, 0.05) is 24.2 Å². The van der Waals surface area contributed by atoms with E-state index >= 15 is 0 Å². The molecule has 7 nitrogen and oxygen atoms in total. The molecule has 136 valence electrons. The summed E-state index contributed by atoms with van der Waals surface area (Å²) in [5.41, 5.74) is -0.128. The number of anilines is 1. The minimum atomic E-state index is -0.507. The third kappa shape index (κ3) is 4.01. The highest BCUT2D eigenvalue weighted by Gasteiger charge is 2.49. The monoisotopic (exact) mass is 351 g/mol. The third-order valence-corrected chi connectivity index (χ3v) is 4.74. The second kappa shape index (κ2) is 7.26. The molecular formula is C17H22FN3O4. The van der Waals surface area contributed by atoms with E-state index in [4.69, 9.17) is 9.47 Å². The zero-order chi connectivity index (χ0) is 17.9. The molecule has 2 aliphatic rings. The highest BCUT2D eigenvalue weighted by Crippen LogP contribution is 2.41. The second-order valence-corrected chi connectivity index (χ2v) is 6.48. The molecule has 1 unspecified atom stereocenters. The Hall–Kier alpha value is -2.35. The smallest absolute Gasteiger partial charge is 0.319 e. The van der Waals surface area contributed by atoms with Gasteiger partial charge in [0.2, 0.25) is 0 Å². The van der Waals surface area contributed by atoms with Crippen LogP contribution in [0.25, 0.3) is 0 Å². The standard InChI is InChI=1S/C17H22FN3O4/c1-24-13-7-11(18)6-12(8-13)21-16(23)20-10-14-9-17(15(22)25-14)2-4-19-5-3-17/h6-8,14,19H,2-5,9-10H2,1H3,(H2,20,21,23). The molecule has 1 aromatic rings. The number of methoxy groups -OCH3 is 1. The van der Waals surface area contributed by atoms with Gasteiger partial charge in [0.05, 0.1) is 19.1 Å². The Morgan fingerprint density at radius 2 is 2.16 bits per heavy atom. The van der Waals surface area contributed by atoms with Gasteiger partial charge in [0.15, 0.2) is 0 Å².